The van der Waals surface area contributed by atoms with Crippen LogP contribution in [-0.4, -0.2) is 6.04 Å². The van der Waals surface area contributed by atoms with Gasteiger partial charge in [0.1, 0.15) is 0 Å². The molecule has 15 heavy (non-hydrogen) atoms. The molecule has 0 bridgehead atoms. The van der Waals surface area contributed by atoms with E-state index in [0.29, 0.717) is 6.04 Å². The summed E-state index contributed by atoms with van der Waals surface area (Å²) in [5, 5.41) is 3.59. The van der Waals surface area contributed by atoms with E-state index in [9.17, 15) is 0 Å². The third-order valence-electron chi connectivity index (χ3n) is 3.33. The van der Waals surface area contributed by atoms with Gasteiger partial charge in [-0.2, -0.15) is 0 Å². The van der Waals surface area contributed by atoms with Gasteiger partial charge in [0.2, 0.25) is 0 Å². The molecule has 0 aromatic heterocycles. The van der Waals surface area contributed by atoms with Crippen molar-refractivity contribution >= 4 is 28.3 Å². The van der Waals surface area contributed by atoms with Crippen molar-refractivity contribution in [1.29, 1.82) is 0 Å². The van der Waals surface area contributed by atoms with Crippen LogP contribution in [0.15, 0.2) is 24.3 Å². The van der Waals surface area contributed by atoms with Crippen molar-refractivity contribution in [2.75, 3.05) is 5.32 Å². The van der Waals surface area contributed by atoms with E-state index in [0.717, 1.165) is 11.8 Å². The molecule has 1 nitrogen and oxygen atoms in total. The number of anilines is 1. The maximum atomic E-state index is 3.59. The van der Waals surface area contributed by atoms with Crippen LogP contribution >= 0.6 is 22.6 Å². The zero-order valence-corrected chi connectivity index (χ0v) is 11.5. The van der Waals surface area contributed by atoms with Crippen molar-refractivity contribution < 1.29 is 0 Å². The number of nitrogens with one attached hydrogen (secondary N) is 1. The third kappa shape index (κ3) is 2.86. The topological polar surface area (TPSA) is 12.0 Å². The minimum absolute atomic E-state index is 0.706. The highest BCUT2D eigenvalue weighted by Crippen LogP contribution is 2.35. The molecule has 1 fully saturated rings. The molecule has 0 atom stereocenters. The first-order chi connectivity index (χ1) is 7.15. The number of hydrogen-bond acceptors (Lipinski definition) is 1. The lowest BCUT2D eigenvalue weighted by molar-refractivity contribution is 0.212. The summed E-state index contributed by atoms with van der Waals surface area (Å²) in [6, 6.07) is 9.36. The average molecular weight is 315 g/mol. The van der Waals surface area contributed by atoms with Gasteiger partial charge in [-0.1, -0.05) is 13.8 Å². The van der Waals surface area contributed by atoms with Crippen molar-refractivity contribution in [3.63, 3.8) is 0 Å². The highest BCUT2D eigenvalue weighted by molar-refractivity contribution is 14.1. The summed E-state index contributed by atoms with van der Waals surface area (Å²) in [7, 11) is 0. The van der Waals surface area contributed by atoms with Gasteiger partial charge in [-0.3, -0.25) is 0 Å². The molecule has 0 amide bonds. The molecule has 1 N–H and O–H groups in total. The maximum absolute atomic E-state index is 3.59. The molecule has 0 heterocycles. The van der Waals surface area contributed by atoms with E-state index in [1.165, 1.54) is 22.1 Å². The molecule has 0 spiro atoms. The lowest BCUT2D eigenvalue weighted by Crippen LogP contribution is -2.37. The maximum Gasteiger partial charge on any atom is 0.0343 e. The van der Waals surface area contributed by atoms with Gasteiger partial charge in [-0.15, -0.1) is 0 Å². The summed E-state index contributed by atoms with van der Waals surface area (Å²) in [6.45, 7) is 4.65. The summed E-state index contributed by atoms with van der Waals surface area (Å²) < 4.78 is 1.30. The van der Waals surface area contributed by atoms with E-state index in [1.54, 1.807) is 0 Å². The Morgan fingerprint density at radius 2 is 1.80 bits per heavy atom. The molecule has 1 aliphatic rings. The third-order valence-corrected chi connectivity index (χ3v) is 4.05. The van der Waals surface area contributed by atoms with Gasteiger partial charge in [-0.05, 0) is 71.5 Å². The van der Waals surface area contributed by atoms with E-state index >= 15 is 0 Å². The second kappa shape index (κ2) is 4.73. The van der Waals surface area contributed by atoms with E-state index in [2.05, 4.69) is 66.0 Å². The Morgan fingerprint density at radius 1 is 1.20 bits per heavy atom. The number of rotatable bonds is 3. The van der Waals surface area contributed by atoms with E-state index in [4.69, 9.17) is 0 Å². The van der Waals surface area contributed by atoms with Crippen LogP contribution in [0.2, 0.25) is 0 Å². The standard InChI is InChI=1S/C13H18IN/c1-9(2)10-7-13(8-10)15-12-5-3-11(14)4-6-12/h3-6,9-10,13,15H,7-8H2,1-2H3. The molecule has 2 rings (SSSR count). The Kier molecular flexibility index (Phi) is 3.54. The molecule has 0 aliphatic heterocycles. The quantitative estimate of drug-likeness (QED) is 0.827. The SMILES string of the molecule is CC(C)C1CC(Nc2ccc(I)cc2)C1. The lowest BCUT2D eigenvalue weighted by atomic mass is 9.73. The van der Waals surface area contributed by atoms with Crippen LogP contribution in [0.4, 0.5) is 5.69 Å². The Hall–Kier alpha value is -0.250. The first-order valence-electron chi connectivity index (χ1n) is 5.67. The fourth-order valence-corrected chi connectivity index (χ4v) is 2.47. The molecule has 0 unspecified atom stereocenters. The van der Waals surface area contributed by atoms with Crippen molar-refractivity contribution in [2.24, 2.45) is 11.8 Å². The first kappa shape index (κ1) is 11.2. The largest absolute Gasteiger partial charge is 0.382 e. The smallest absolute Gasteiger partial charge is 0.0343 e. The van der Waals surface area contributed by atoms with Crippen LogP contribution < -0.4 is 5.32 Å². The predicted octanol–water partition coefficient (Wildman–Crippen LogP) is 4.14. The molecule has 2 heteroatoms. The fraction of sp³-hybridized carbons (Fsp3) is 0.538. The van der Waals surface area contributed by atoms with E-state index in [1.807, 2.05) is 0 Å². The second-order valence-corrected chi connectivity index (χ2v) is 6.07. The van der Waals surface area contributed by atoms with Gasteiger partial charge < -0.3 is 5.32 Å². The normalized spacial score (nSPS) is 25.1. The average Bonchev–Trinajstić information content (AvgIpc) is 2.13. The Bertz CT molecular complexity index is 312. The van der Waals surface area contributed by atoms with Gasteiger partial charge in [0.15, 0.2) is 0 Å². The van der Waals surface area contributed by atoms with Crippen LogP contribution in [0.1, 0.15) is 26.7 Å². The molecule has 82 valence electrons. The van der Waals surface area contributed by atoms with E-state index in [-0.39, 0.29) is 0 Å². The first-order valence-corrected chi connectivity index (χ1v) is 6.75. The summed E-state index contributed by atoms with van der Waals surface area (Å²) in [5.41, 5.74) is 1.27. The predicted molar refractivity (Wildman–Crippen MR) is 74.1 cm³/mol. The molecule has 1 aliphatic carbocycles. The van der Waals surface area contributed by atoms with E-state index < -0.39 is 0 Å². The van der Waals surface area contributed by atoms with Crippen LogP contribution in [0.3, 0.4) is 0 Å². The van der Waals surface area contributed by atoms with Crippen molar-refractivity contribution in [2.45, 2.75) is 32.7 Å². The van der Waals surface area contributed by atoms with Crippen LogP contribution in [-0.2, 0) is 0 Å². The van der Waals surface area contributed by atoms with Gasteiger partial charge >= 0.3 is 0 Å². The lowest BCUT2D eigenvalue weighted by Gasteiger charge is -2.39. The van der Waals surface area contributed by atoms with Gasteiger partial charge in [0.05, 0.1) is 0 Å². The minimum atomic E-state index is 0.706. The highest BCUT2D eigenvalue weighted by atomic mass is 127. The summed E-state index contributed by atoms with van der Waals surface area (Å²) in [4.78, 5) is 0. The second-order valence-electron chi connectivity index (χ2n) is 4.82. The van der Waals surface area contributed by atoms with Gasteiger partial charge in [0.25, 0.3) is 0 Å². The molecule has 1 aromatic rings. The minimum Gasteiger partial charge on any atom is -0.382 e. The summed E-state index contributed by atoms with van der Waals surface area (Å²) in [5.74, 6) is 1.78. The monoisotopic (exact) mass is 315 g/mol. The van der Waals surface area contributed by atoms with Gasteiger partial charge in [0, 0.05) is 15.3 Å². The van der Waals surface area contributed by atoms with Crippen molar-refractivity contribution in [3.05, 3.63) is 27.8 Å². The zero-order valence-electron chi connectivity index (χ0n) is 9.33. The fourth-order valence-electron chi connectivity index (χ4n) is 2.11. The Labute approximate surface area is 106 Å². The molecule has 1 aromatic carbocycles. The van der Waals surface area contributed by atoms with Gasteiger partial charge in [-0.25, -0.2) is 0 Å². The number of halogens is 1. The summed E-state index contributed by atoms with van der Waals surface area (Å²) in [6.07, 6.45) is 2.67. The van der Waals surface area contributed by atoms with Crippen LogP contribution in [0, 0.1) is 15.4 Å². The molecule has 0 radical (unpaired) electrons. The van der Waals surface area contributed by atoms with Crippen molar-refractivity contribution in [3.8, 4) is 0 Å². The van der Waals surface area contributed by atoms with Crippen molar-refractivity contribution in [1.82, 2.24) is 0 Å². The number of benzene rings is 1. The van der Waals surface area contributed by atoms with Crippen LogP contribution in [0.5, 0.6) is 0 Å². The molecule has 0 saturated heterocycles. The summed E-state index contributed by atoms with van der Waals surface area (Å²) >= 11 is 2.34. The Morgan fingerprint density at radius 3 is 2.33 bits per heavy atom. The molecular formula is C13H18IN. The zero-order chi connectivity index (χ0) is 10.8. The Balaban J connectivity index is 1.82. The molecular weight excluding hydrogens is 297 g/mol. The highest BCUT2D eigenvalue weighted by Gasteiger charge is 2.30. The van der Waals surface area contributed by atoms with Crippen LogP contribution in [0.25, 0.3) is 0 Å². The number of hydrogen-bond donors (Lipinski definition) is 1. The molecule has 1 saturated carbocycles.